The van der Waals surface area contributed by atoms with Crippen LogP contribution in [0, 0.1) is 12.7 Å². The number of rotatable bonds is 8. The highest BCUT2D eigenvalue weighted by atomic mass is 19.1. The van der Waals surface area contributed by atoms with Crippen molar-refractivity contribution < 1.29 is 18.7 Å². The largest absolute Gasteiger partial charge is 0.491 e. The number of hydrogen-bond donors (Lipinski definition) is 1. The Balaban J connectivity index is 2.51. The zero-order chi connectivity index (χ0) is 15.9. The maximum Gasteiger partial charge on any atom is 0.325 e. The molecule has 5 heteroatoms. The molecule has 0 aliphatic heterocycles. The molecule has 0 spiro atoms. The van der Waals surface area contributed by atoms with E-state index in [0.717, 1.165) is 5.56 Å². The minimum absolute atomic E-state index is 0.248. The van der Waals surface area contributed by atoms with Crippen molar-refractivity contribution in [2.75, 3.05) is 20.3 Å². The molecule has 0 aliphatic carbocycles. The van der Waals surface area contributed by atoms with E-state index >= 15 is 0 Å². The van der Waals surface area contributed by atoms with Gasteiger partial charge < -0.3 is 14.8 Å². The van der Waals surface area contributed by atoms with Gasteiger partial charge in [-0.15, -0.1) is 0 Å². The summed E-state index contributed by atoms with van der Waals surface area (Å²) in [6.07, 6.45) is 1.17. The van der Waals surface area contributed by atoms with Gasteiger partial charge in [-0.25, -0.2) is 4.39 Å². The van der Waals surface area contributed by atoms with Gasteiger partial charge in [0.15, 0.2) is 11.6 Å². The lowest BCUT2D eigenvalue weighted by atomic mass is 9.96. The molecule has 0 saturated carbocycles. The summed E-state index contributed by atoms with van der Waals surface area (Å²) in [5.74, 6) is -0.424. The Morgan fingerprint density at radius 3 is 2.76 bits per heavy atom. The SMILES string of the molecule is CCNC(C)(CCCOc1cc(C)ccc1F)C(=O)OC. The molecule has 0 radical (unpaired) electrons. The van der Waals surface area contributed by atoms with Crippen molar-refractivity contribution in [1.82, 2.24) is 5.32 Å². The minimum atomic E-state index is -0.738. The monoisotopic (exact) mass is 297 g/mol. The second-order valence-corrected chi connectivity index (χ2v) is 5.24. The van der Waals surface area contributed by atoms with Crippen LogP contribution in [0.15, 0.2) is 18.2 Å². The van der Waals surface area contributed by atoms with Crippen molar-refractivity contribution in [2.45, 2.75) is 39.2 Å². The minimum Gasteiger partial charge on any atom is -0.491 e. The first kappa shape index (κ1) is 17.4. The Labute approximate surface area is 125 Å². The first-order valence-electron chi connectivity index (χ1n) is 7.15. The van der Waals surface area contributed by atoms with E-state index in [9.17, 15) is 9.18 Å². The summed E-state index contributed by atoms with van der Waals surface area (Å²) in [4.78, 5) is 11.8. The summed E-state index contributed by atoms with van der Waals surface area (Å²) < 4.78 is 23.8. The first-order chi connectivity index (χ1) is 9.92. The lowest BCUT2D eigenvalue weighted by Crippen LogP contribution is -2.50. The van der Waals surface area contributed by atoms with E-state index in [4.69, 9.17) is 9.47 Å². The maximum absolute atomic E-state index is 13.5. The van der Waals surface area contributed by atoms with Crippen LogP contribution in [0.4, 0.5) is 4.39 Å². The highest BCUT2D eigenvalue weighted by molar-refractivity contribution is 5.80. The zero-order valence-electron chi connectivity index (χ0n) is 13.2. The third-order valence-corrected chi connectivity index (χ3v) is 3.37. The normalized spacial score (nSPS) is 13.6. The molecule has 0 bridgehead atoms. The van der Waals surface area contributed by atoms with E-state index in [-0.39, 0.29) is 17.5 Å². The molecule has 21 heavy (non-hydrogen) atoms. The average Bonchev–Trinajstić information content (AvgIpc) is 2.46. The average molecular weight is 297 g/mol. The number of hydrogen-bond acceptors (Lipinski definition) is 4. The summed E-state index contributed by atoms with van der Waals surface area (Å²) in [6.45, 7) is 6.62. The van der Waals surface area contributed by atoms with Gasteiger partial charge in [0, 0.05) is 0 Å². The number of halogens is 1. The summed E-state index contributed by atoms with van der Waals surface area (Å²) >= 11 is 0. The van der Waals surface area contributed by atoms with Gasteiger partial charge in [0.05, 0.1) is 13.7 Å². The number of carbonyl (C=O) groups is 1. The molecule has 0 amide bonds. The van der Waals surface area contributed by atoms with Crippen LogP contribution in [-0.4, -0.2) is 31.8 Å². The van der Waals surface area contributed by atoms with Crippen LogP contribution in [0.3, 0.4) is 0 Å². The van der Waals surface area contributed by atoms with Crippen LogP contribution in [-0.2, 0) is 9.53 Å². The highest BCUT2D eigenvalue weighted by Gasteiger charge is 2.32. The van der Waals surface area contributed by atoms with Gasteiger partial charge in [-0.1, -0.05) is 13.0 Å². The predicted octanol–water partition coefficient (Wildman–Crippen LogP) is 2.83. The van der Waals surface area contributed by atoms with Crippen molar-refractivity contribution in [2.24, 2.45) is 0 Å². The van der Waals surface area contributed by atoms with Crippen LogP contribution in [0.1, 0.15) is 32.3 Å². The molecular weight excluding hydrogens is 273 g/mol. The molecule has 0 heterocycles. The maximum atomic E-state index is 13.5. The zero-order valence-corrected chi connectivity index (χ0v) is 13.2. The fourth-order valence-electron chi connectivity index (χ4n) is 2.21. The van der Waals surface area contributed by atoms with Crippen LogP contribution < -0.4 is 10.1 Å². The fourth-order valence-corrected chi connectivity index (χ4v) is 2.21. The van der Waals surface area contributed by atoms with Crippen LogP contribution >= 0.6 is 0 Å². The van der Waals surface area contributed by atoms with Gasteiger partial charge >= 0.3 is 5.97 Å². The molecule has 0 fully saturated rings. The van der Waals surface area contributed by atoms with E-state index in [0.29, 0.717) is 26.0 Å². The lowest BCUT2D eigenvalue weighted by molar-refractivity contribution is -0.148. The molecule has 1 N–H and O–H groups in total. The van der Waals surface area contributed by atoms with Crippen molar-refractivity contribution in [3.8, 4) is 5.75 Å². The van der Waals surface area contributed by atoms with Crippen molar-refractivity contribution in [3.63, 3.8) is 0 Å². The molecule has 118 valence electrons. The van der Waals surface area contributed by atoms with E-state index in [1.165, 1.54) is 13.2 Å². The quantitative estimate of drug-likeness (QED) is 0.592. The number of benzene rings is 1. The Hall–Kier alpha value is -1.62. The Bertz CT molecular complexity index is 479. The molecule has 1 aromatic carbocycles. The highest BCUT2D eigenvalue weighted by Crippen LogP contribution is 2.20. The van der Waals surface area contributed by atoms with Crippen LogP contribution in [0.5, 0.6) is 5.75 Å². The number of esters is 1. The molecule has 1 aromatic rings. The van der Waals surface area contributed by atoms with E-state index < -0.39 is 5.54 Å². The van der Waals surface area contributed by atoms with Gasteiger partial charge in [0.1, 0.15) is 5.54 Å². The molecule has 0 saturated heterocycles. The topological polar surface area (TPSA) is 47.6 Å². The van der Waals surface area contributed by atoms with E-state index in [2.05, 4.69) is 5.32 Å². The lowest BCUT2D eigenvalue weighted by Gasteiger charge is -2.27. The van der Waals surface area contributed by atoms with Gasteiger partial charge in [-0.2, -0.15) is 0 Å². The molecule has 1 atom stereocenters. The number of methoxy groups -OCH3 is 1. The third-order valence-electron chi connectivity index (χ3n) is 3.37. The Kier molecular flexibility index (Phi) is 6.62. The molecule has 4 nitrogen and oxygen atoms in total. The second-order valence-electron chi connectivity index (χ2n) is 5.24. The smallest absolute Gasteiger partial charge is 0.325 e. The van der Waals surface area contributed by atoms with Gasteiger partial charge in [-0.3, -0.25) is 4.79 Å². The molecule has 1 unspecified atom stereocenters. The number of nitrogens with one attached hydrogen (secondary N) is 1. The number of ether oxygens (including phenoxy) is 2. The summed E-state index contributed by atoms with van der Waals surface area (Å²) in [6, 6.07) is 4.75. The van der Waals surface area contributed by atoms with Crippen molar-refractivity contribution >= 4 is 5.97 Å². The molecule has 0 aliphatic rings. The molecular formula is C16H24FNO3. The summed E-state index contributed by atoms with van der Waals surface area (Å²) in [7, 11) is 1.37. The number of likely N-dealkylation sites (N-methyl/N-ethyl adjacent to an activating group) is 1. The first-order valence-corrected chi connectivity index (χ1v) is 7.15. The van der Waals surface area contributed by atoms with Gasteiger partial charge in [-0.05, 0) is 50.9 Å². The Morgan fingerprint density at radius 2 is 2.14 bits per heavy atom. The fraction of sp³-hybridized carbons (Fsp3) is 0.562. The number of carbonyl (C=O) groups excluding carboxylic acids is 1. The number of aryl methyl sites for hydroxylation is 1. The van der Waals surface area contributed by atoms with E-state index in [1.54, 1.807) is 19.1 Å². The molecule has 0 aromatic heterocycles. The standard InChI is InChI=1S/C16H24FNO3/c1-5-18-16(3,15(19)20-4)9-6-10-21-14-11-12(2)7-8-13(14)17/h7-8,11,18H,5-6,9-10H2,1-4H3. The third kappa shape index (κ3) is 5.01. The Morgan fingerprint density at radius 1 is 1.43 bits per heavy atom. The van der Waals surface area contributed by atoms with Crippen LogP contribution in [0.25, 0.3) is 0 Å². The van der Waals surface area contributed by atoms with Gasteiger partial charge in [0.25, 0.3) is 0 Å². The second kappa shape index (κ2) is 7.98. The van der Waals surface area contributed by atoms with Crippen molar-refractivity contribution in [1.29, 1.82) is 0 Å². The van der Waals surface area contributed by atoms with E-state index in [1.807, 2.05) is 13.8 Å². The summed E-state index contributed by atoms with van der Waals surface area (Å²) in [5, 5.41) is 3.12. The van der Waals surface area contributed by atoms with Crippen LogP contribution in [0.2, 0.25) is 0 Å². The van der Waals surface area contributed by atoms with Gasteiger partial charge in [0.2, 0.25) is 0 Å². The van der Waals surface area contributed by atoms with Crippen molar-refractivity contribution in [3.05, 3.63) is 29.6 Å². The predicted molar refractivity (Wildman–Crippen MR) is 80.0 cm³/mol. The summed E-state index contributed by atoms with van der Waals surface area (Å²) in [5.41, 5.74) is 0.205. The molecule has 1 rings (SSSR count).